The topological polar surface area (TPSA) is 62.1 Å². The van der Waals surface area contributed by atoms with Crippen LogP contribution in [0.4, 0.5) is 5.69 Å². The van der Waals surface area contributed by atoms with Gasteiger partial charge in [0.25, 0.3) is 5.91 Å². The second-order valence-electron chi connectivity index (χ2n) is 4.64. The number of nitrogens with one attached hydrogen (secondary N) is 1. The number of amides is 1. The van der Waals surface area contributed by atoms with Crippen molar-refractivity contribution in [1.82, 2.24) is 0 Å². The van der Waals surface area contributed by atoms with Gasteiger partial charge in [-0.25, -0.2) is 0 Å². The molecule has 0 atom stereocenters. The highest BCUT2D eigenvalue weighted by Crippen LogP contribution is 2.27. The minimum Gasteiger partial charge on any atom is -0.496 e. The third-order valence-corrected chi connectivity index (χ3v) is 4.20. The Kier molecular flexibility index (Phi) is 6.27. The van der Waals surface area contributed by atoms with Gasteiger partial charge in [0.1, 0.15) is 17.4 Å². The van der Waals surface area contributed by atoms with Crippen LogP contribution in [-0.2, 0) is 4.79 Å². The molecule has 0 aromatic heterocycles. The zero-order valence-corrected chi connectivity index (χ0v) is 15.5. The zero-order valence-electron chi connectivity index (χ0n) is 12.4. The lowest BCUT2D eigenvalue weighted by Gasteiger charge is -2.07. The largest absolute Gasteiger partial charge is 0.496 e. The molecule has 24 heavy (non-hydrogen) atoms. The minimum atomic E-state index is -0.561. The van der Waals surface area contributed by atoms with Gasteiger partial charge in [-0.05, 0) is 57.9 Å². The smallest absolute Gasteiger partial charge is 0.266 e. The second kappa shape index (κ2) is 8.20. The number of methoxy groups -OCH3 is 1. The van der Waals surface area contributed by atoms with Gasteiger partial charge in [-0.2, -0.15) is 5.26 Å². The maximum atomic E-state index is 12.3. The summed E-state index contributed by atoms with van der Waals surface area (Å²) in [6.07, 6.45) is 1.48. The summed E-state index contributed by atoms with van der Waals surface area (Å²) in [5, 5.41) is 12.6. The van der Waals surface area contributed by atoms with Crippen LogP contribution in [0.2, 0.25) is 10.0 Å². The number of hydrogen-bond acceptors (Lipinski definition) is 3. The van der Waals surface area contributed by atoms with E-state index < -0.39 is 5.91 Å². The summed E-state index contributed by atoms with van der Waals surface area (Å²) in [5.74, 6) is 0.0942. The van der Waals surface area contributed by atoms with E-state index in [1.54, 1.807) is 37.4 Å². The Morgan fingerprint density at radius 3 is 2.62 bits per heavy atom. The molecule has 0 aliphatic carbocycles. The Morgan fingerprint density at radius 2 is 2.04 bits per heavy atom. The molecule has 7 heteroatoms. The van der Waals surface area contributed by atoms with Crippen LogP contribution in [0, 0.1) is 11.3 Å². The van der Waals surface area contributed by atoms with Crippen LogP contribution < -0.4 is 10.1 Å². The molecule has 0 spiro atoms. The maximum Gasteiger partial charge on any atom is 0.266 e. The molecule has 0 saturated carbocycles. The van der Waals surface area contributed by atoms with Crippen LogP contribution in [0.1, 0.15) is 5.56 Å². The van der Waals surface area contributed by atoms with Gasteiger partial charge in [-0.15, -0.1) is 0 Å². The zero-order chi connectivity index (χ0) is 17.7. The van der Waals surface area contributed by atoms with E-state index in [9.17, 15) is 10.1 Å². The van der Waals surface area contributed by atoms with E-state index in [-0.39, 0.29) is 5.57 Å². The normalized spacial score (nSPS) is 10.9. The van der Waals surface area contributed by atoms with Crippen molar-refractivity contribution in [3.63, 3.8) is 0 Å². The molecule has 0 aliphatic heterocycles. The summed E-state index contributed by atoms with van der Waals surface area (Å²) < 4.78 is 5.86. The molecule has 2 aromatic rings. The predicted octanol–water partition coefficient (Wildman–Crippen LogP) is 5.31. The predicted molar refractivity (Wildman–Crippen MR) is 99.4 cm³/mol. The Balaban J connectivity index is 2.25. The first-order valence-corrected chi connectivity index (χ1v) is 8.21. The van der Waals surface area contributed by atoms with Crippen molar-refractivity contribution in [3.8, 4) is 11.8 Å². The molecule has 0 bridgehead atoms. The molecule has 2 rings (SSSR count). The lowest BCUT2D eigenvalue weighted by atomic mass is 10.1. The van der Waals surface area contributed by atoms with Crippen LogP contribution in [0.5, 0.6) is 5.75 Å². The number of nitrogens with zero attached hydrogens (tertiary/aromatic N) is 1. The molecule has 1 amide bonds. The van der Waals surface area contributed by atoms with Crippen molar-refractivity contribution >= 4 is 56.8 Å². The summed E-state index contributed by atoms with van der Waals surface area (Å²) in [7, 11) is 1.56. The van der Waals surface area contributed by atoms with Crippen molar-refractivity contribution < 1.29 is 9.53 Å². The first-order chi connectivity index (χ1) is 11.4. The minimum absolute atomic E-state index is 0.0573. The van der Waals surface area contributed by atoms with Gasteiger partial charge in [0, 0.05) is 5.02 Å². The van der Waals surface area contributed by atoms with E-state index in [1.165, 1.54) is 12.1 Å². The molecule has 4 nitrogen and oxygen atoms in total. The van der Waals surface area contributed by atoms with Gasteiger partial charge in [-0.1, -0.05) is 29.3 Å². The van der Waals surface area contributed by atoms with Crippen LogP contribution in [0.15, 0.2) is 46.4 Å². The van der Waals surface area contributed by atoms with Gasteiger partial charge < -0.3 is 10.1 Å². The van der Waals surface area contributed by atoms with Crippen molar-refractivity contribution in [3.05, 3.63) is 62.1 Å². The third-order valence-electron chi connectivity index (χ3n) is 3.03. The third kappa shape index (κ3) is 4.51. The lowest BCUT2D eigenvalue weighted by Crippen LogP contribution is -2.13. The Hall–Kier alpha value is -2.00. The maximum absolute atomic E-state index is 12.3. The number of rotatable bonds is 4. The van der Waals surface area contributed by atoms with E-state index >= 15 is 0 Å². The fourth-order valence-electron chi connectivity index (χ4n) is 1.87. The Morgan fingerprint density at radius 1 is 1.29 bits per heavy atom. The number of carbonyl (C=O) groups excluding carboxylic acids is 1. The summed E-state index contributed by atoms with van der Waals surface area (Å²) in [6, 6.07) is 11.8. The van der Waals surface area contributed by atoms with Crippen LogP contribution in [0.3, 0.4) is 0 Å². The number of nitriles is 1. The number of halogens is 3. The van der Waals surface area contributed by atoms with Gasteiger partial charge in [0.2, 0.25) is 0 Å². The van der Waals surface area contributed by atoms with Crippen LogP contribution in [-0.4, -0.2) is 13.0 Å². The highest BCUT2D eigenvalue weighted by molar-refractivity contribution is 9.10. The van der Waals surface area contributed by atoms with Crippen molar-refractivity contribution in [2.24, 2.45) is 0 Å². The first kappa shape index (κ1) is 18.3. The monoisotopic (exact) mass is 424 g/mol. The number of ether oxygens (including phenoxy) is 1. The second-order valence-corrected chi connectivity index (χ2v) is 6.34. The van der Waals surface area contributed by atoms with Crippen LogP contribution >= 0.6 is 39.1 Å². The number of hydrogen-bond donors (Lipinski definition) is 1. The molecule has 122 valence electrons. The van der Waals surface area contributed by atoms with E-state index in [1.807, 2.05) is 6.07 Å². The van der Waals surface area contributed by atoms with Crippen molar-refractivity contribution in [2.75, 3.05) is 12.4 Å². The summed E-state index contributed by atoms with van der Waals surface area (Å²) in [5.41, 5.74) is 0.998. The van der Waals surface area contributed by atoms with Crippen LogP contribution in [0.25, 0.3) is 6.08 Å². The molecule has 0 radical (unpaired) electrons. The van der Waals surface area contributed by atoms with E-state index in [2.05, 4.69) is 21.2 Å². The van der Waals surface area contributed by atoms with Crippen molar-refractivity contribution in [1.29, 1.82) is 5.26 Å². The number of anilines is 1. The quantitative estimate of drug-likeness (QED) is 0.533. The summed E-state index contributed by atoms with van der Waals surface area (Å²) in [4.78, 5) is 12.3. The van der Waals surface area contributed by atoms with Gasteiger partial charge in [0.15, 0.2) is 0 Å². The van der Waals surface area contributed by atoms with E-state index in [0.29, 0.717) is 27.0 Å². The Labute approximate surface area is 157 Å². The average Bonchev–Trinajstić information content (AvgIpc) is 2.55. The van der Waals surface area contributed by atoms with Gasteiger partial charge >= 0.3 is 0 Å². The number of benzene rings is 2. The van der Waals surface area contributed by atoms with Gasteiger partial charge in [-0.3, -0.25) is 4.79 Å². The number of carbonyl (C=O) groups is 1. The van der Waals surface area contributed by atoms with Crippen molar-refractivity contribution in [2.45, 2.75) is 0 Å². The molecule has 0 heterocycles. The SMILES string of the molecule is COc1ccc(/C=C(\C#N)C(=O)Nc2ccc(Cl)cc2Cl)cc1Br. The van der Waals surface area contributed by atoms with Gasteiger partial charge in [0.05, 0.1) is 22.3 Å². The average molecular weight is 426 g/mol. The molecular formula is C17H11BrCl2N2O2. The molecule has 1 N–H and O–H groups in total. The highest BCUT2D eigenvalue weighted by Gasteiger charge is 2.12. The lowest BCUT2D eigenvalue weighted by molar-refractivity contribution is -0.112. The summed E-state index contributed by atoms with van der Waals surface area (Å²) >= 11 is 15.2. The fourth-order valence-corrected chi connectivity index (χ4v) is 2.88. The molecular weight excluding hydrogens is 415 g/mol. The molecule has 0 aliphatic rings. The first-order valence-electron chi connectivity index (χ1n) is 6.66. The molecule has 0 unspecified atom stereocenters. The Bertz CT molecular complexity index is 860. The fraction of sp³-hybridized carbons (Fsp3) is 0.0588. The molecule has 2 aromatic carbocycles. The summed E-state index contributed by atoms with van der Waals surface area (Å²) in [6.45, 7) is 0. The molecule has 0 fully saturated rings. The van der Waals surface area contributed by atoms with E-state index in [0.717, 1.165) is 4.47 Å². The molecule has 0 saturated heterocycles. The van der Waals surface area contributed by atoms with E-state index in [4.69, 9.17) is 27.9 Å². The standard InChI is InChI=1S/C17H11BrCl2N2O2/c1-24-16-5-2-10(7-13(16)18)6-11(9-21)17(23)22-15-4-3-12(19)8-14(15)20/h2-8H,1H3,(H,22,23)/b11-6+. The highest BCUT2D eigenvalue weighted by atomic mass is 79.9.